The summed E-state index contributed by atoms with van der Waals surface area (Å²) in [5, 5.41) is 8.53. The average molecular weight is 781 g/mol. The van der Waals surface area contributed by atoms with Gasteiger partial charge in [-0.2, -0.15) is 0 Å². The molecule has 4 heterocycles. The smallest absolute Gasteiger partial charge is 0.360 e. The number of nitrogens with one attached hydrogen (secondary N) is 2. The number of hydrogen-bond acceptors (Lipinski definition) is 10. The van der Waals surface area contributed by atoms with Crippen molar-refractivity contribution >= 4 is 57.7 Å². The fourth-order valence-corrected chi connectivity index (χ4v) is 5.13. The minimum Gasteiger partial charge on any atom is -0.785 e. The van der Waals surface area contributed by atoms with Gasteiger partial charge in [0.2, 0.25) is 0 Å². The molecule has 4 aromatic heterocycles. The third-order valence-electron chi connectivity index (χ3n) is 7.54. The molecule has 0 fully saturated rings. The molecule has 4 aromatic rings. The lowest BCUT2D eigenvalue weighted by molar-refractivity contribution is -0.929. The number of aromatic carboxylic acids is 1. The van der Waals surface area contributed by atoms with E-state index < -0.39 is 27.0 Å². The van der Waals surface area contributed by atoms with Gasteiger partial charge in [-0.15, -0.1) is 0 Å². The number of unbranched alkanes of at least 4 members (excludes halogenated alkanes) is 4. The highest BCUT2D eigenvalue weighted by Gasteiger charge is 2.24. The Balaban J connectivity index is 0.000000684. The van der Waals surface area contributed by atoms with Gasteiger partial charge >= 0.3 is 19.8 Å². The molecule has 2 atom stereocenters. The van der Waals surface area contributed by atoms with Crippen molar-refractivity contribution in [3.8, 4) is 0 Å². The first-order valence-electron chi connectivity index (χ1n) is 16.5. The van der Waals surface area contributed by atoms with Gasteiger partial charge in [0.25, 0.3) is 0 Å². The number of nitrogens with zero attached hydrogens (tertiary/aromatic N) is 1. The van der Waals surface area contributed by atoms with Crippen LogP contribution in [0.15, 0.2) is 45.6 Å². The molecule has 18 heteroatoms. The summed E-state index contributed by atoms with van der Waals surface area (Å²) in [4.78, 5) is 55.8. The zero-order chi connectivity index (χ0) is 37.8. The molecule has 0 aliphatic rings. The number of phosphoric acid groups is 1. The standard InChI is InChI=1S/C16H36N.C8H8NO6P.C7H5NO3.CH5O3P2.CH4/c1-5-9-13-17(14-10-6-2,15-11-7-3)16-12-8-4;1-13-16(11,12)15-8(10)6-4-7-5(9-6)2-3-14-7;9-7(10)5-3-6-4(8-5)1-2-11-6;1-4-6(2,3)5;/h5-16H2,1-4H3;2-4,9H,1H3,(H,11,12);1-3,8H,(H,9,10);5H,1H3,(H-,2,3);1H4/q+1;;;-1;/p-1. The van der Waals surface area contributed by atoms with Crippen molar-refractivity contribution in [3.63, 3.8) is 0 Å². The van der Waals surface area contributed by atoms with Crippen molar-refractivity contribution in [2.45, 2.75) is 86.5 Å². The number of carboxylic acid groups (broad SMARTS) is 1. The zero-order valence-corrected chi connectivity index (χ0v) is 32.6. The number of fused-ring (bicyclic) bond motifs is 2. The molecule has 0 saturated heterocycles. The number of furan rings is 2. The van der Waals surface area contributed by atoms with Crippen molar-refractivity contribution < 1.29 is 60.8 Å². The predicted molar refractivity (Wildman–Crippen MR) is 199 cm³/mol. The first kappa shape index (κ1) is 48.3. The van der Waals surface area contributed by atoms with Crippen LogP contribution in [0.3, 0.4) is 0 Å². The maximum absolute atomic E-state index is 11.3. The summed E-state index contributed by atoms with van der Waals surface area (Å²) in [7, 11) is -3.45. The summed E-state index contributed by atoms with van der Waals surface area (Å²) in [5.41, 5.74) is 2.42. The molecular formula is C33H57N3O12P3-. The molecule has 0 aromatic carbocycles. The second-order valence-electron chi connectivity index (χ2n) is 11.4. The summed E-state index contributed by atoms with van der Waals surface area (Å²) < 4.78 is 34.3. The third kappa shape index (κ3) is 18.6. The van der Waals surface area contributed by atoms with Crippen LogP contribution in [0.4, 0.5) is 0 Å². The van der Waals surface area contributed by atoms with Gasteiger partial charge in [-0.1, -0.05) is 69.3 Å². The number of carboxylic acids is 1. The number of aromatic nitrogens is 2. The van der Waals surface area contributed by atoms with Crippen molar-refractivity contribution in [2.24, 2.45) is 0 Å². The minimum absolute atomic E-state index is 0. The number of carbonyl (C=O) groups excluding carboxylic acids is 1. The van der Waals surface area contributed by atoms with Gasteiger partial charge in [-0.3, -0.25) is 4.57 Å². The van der Waals surface area contributed by atoms with E-state index in [0.717, 1.165) is 14.2 Å². The van der Waals surface area contributed by atoms with E-state index in [1.54, 1.807) is 12.1 Å². The minimum atomic E-state index is -4.57. The van der Waals surface area contributed by atoms with E-state index in [4.69, 9.17) is 18.8 Å². The van der Waals surface area contributed by atoms with Gasteiger partial charge in [-0.25, -0.2) is 9.59 Å². The van der Waals surface area contributed by atoms with Crippen LogP contribution >= 0.6 is 23.6 Å². The van der Waals surface area contributed by atoms with Gasteiger partial charge in [0, 0.05) is 38.5 Å². The summed E-state index contributed by atoms with van der Waals surface area (Å²) >= 11 is 0. The Kier molecular flexibility index (Phi) is 23.2. The average Bonchev–Trinajstić information content (AvgIpc) is 3.87. The van der Waals surface area contributed by atoms with E-state index >= 15 is 0 Å². The van der Waals surface area contributed by atoms with E-state index in [2.05, 4.69) is 59.8 Å². The van der Waals surface area contributed by atoms with Crippen molar-refractivity contribution in [2.75, 3.05) is 40.4 Å². The lowest BCUT2D eigenvalue weighted by Crippen LogP contribution is -2.50. The zero-order valence-electron chi connectivity index (χ0n) is 29.8. The molecule has 0 saturated carbocycles. The van der Waals surface area contributed by atoms with Gasteiger partial charge in [0.05, 0.1) is 57.0 Å². The number of H-pyrrole nitrogens is 2. The lowest BCUT2D eigenvalue weighted by atomic mass is 10.1. The van der Waals surface area contributed by atoms with Crippen LogP contribution in [-0.4, -0.2) is 76.8 Å². The monoisotopic (exact) mass is 780 g/mol. The highest BCUT2D eigenvalue weighted by atomic mass is 31.8. The first-order valence-corrected chi connectivity index (χ1v) is 20.9. The molecule has 0 amide bonds. The van der Waals surface area contributed by atoms with E-state index in [1.807, 2.05) is 0 Å². The molecular weight excluding hydrogens is 723 g/mol. The quantitative estimate of drug-likeness (QED) is 0.0592. The molecule has 2 unspecified atom stereocenters. The molecule has 0 bridgehead atoms. The van der Waals surface area contributed by atoms with Crippen LogP contribution in [0.25, 0.3) is 22.2 Å². The maximum atomic E-state index is 11.3. The largest absolute Gasteiger partial charge is 0.785 e. The number of quaternary nitrogens is 1. The molecule has 0 aliphatic carbocycles. The van der Waals surface area contributed by atoms with Gasteiger partial charge < -0.3 is 56.6 Å². The number of rotatable bonds is 17. The normalized spacial score (nSPS) is 13.3. The van der Waals surface area contributed by atoms with Crippen molar-refractivity contribution in [1.82, 2.24) is 9.97 Å². The Morgan fingerprint density at radius 3 is 1.49 bits per heavy atom. The van der Waals surface area contributed by atoms with Gasteiger partial charge in [-0.05, 0) is 25.7 Å². The second kappa shape index (κ2) is 24.5. The fourth-order valence-electron chi connectivity index (χ4n) is 4.75. The van der Waals surface area contributed by atoms with Crippen LogP contribution in [0.5, 0.6) is 0 Å². The summed E-state index contributed by atoms with van der Waals surface area (Å²) in [6, 6.07) is 6.08. The Morgan fingerprint density at radius 2 is 1.18 bits per heavy atom. The van der Waals surface area contributed by atoms with E-state index in [0.29, 0.717) is 22.2 Å². The molecule has 4 rings (SSSR count). The van der Waals surface area contributed by atoms with Crippen LogP contribution in [0, 0.1) is 0 Å². The summed E-state index contributed by atoms with van der Waals surface area (Å²) in [6.45, 7) is 15.0. The molecule has 51 heavy (non-hydrogen) atoms. The SMILES string of the molecule is C.CCCC[N+](CCCC)(CCCC)CCCC.COP(=O)([O-])OC(=O)c1cc2occc2[nH]1.COP([O-])(O)=P.O=C(O)c1cc2occc2[nH]1. The highest BCUT2D eigenvalue weighted by molar-refractivity contribution is 7.87. The van der Waals surface area contributed by atoms with Crippen LogP contribution < -0.4 is 9.79 Å². The van der Waals surface area contributed by atoms with E-state index in [1.165, 1.54) is 107 Å². The lowest BCUT2D eigenvalue weighted by Gasteiger charge is -2.39. The van der Waals surface area contributed by atoms with Crippen LogP contribution in [0.1, 0.15) is 107 Å². The molecule has 4 N–H and O–H groups in total. The molecule has 0 aliphatic heterocycles. The molecule has 0 radical (unpaired) electrons. The number of carbonyl (C=O) groups is 2. The number of hydrogen-bond donors (Lipinski definition) is 4. The maximum Gasteiger partial charge on any atom is 0.360 e. The Morgan fingerprint density at radius 1 is 0.804 bits per heavy atom. The Bertz CT molecular complexity index is 1540. The predicted octanol–water partition coefficient (Wildman–Crippen LogP) is 7.94. The van der Waals surface area contributed by atoms with Gasteiger partial charge in [0.15, 0.2) is 11.2 Å². The molecule has 0 spiro atoms. The third-order valence-corrected chi connectivity index (χ3v) is 9.42. The Hall–Kier alpha value is -2.70. The van der Waals surface area contributed by atoms with Crippen LogP contribution in [0.2, 0.25) is 0 Å². The second-order valence-corrected chi connectivity index (χ2v) is 16.0. The Labute approximate surface area is 303 Å². The molecule has 15 nitrogen and oxygen atoms in total. The van der Waals surface area contributed by atoms with Gasteiger partial charge in [0.1, 0.15) is 11.4 Å². The number of phosphoric ester groups is 1. The van der Waals surface area contributed by atoms with E-state index in [-0.39, 0.29) is 18.8 Å². The van der Waals surface area contributed by atoms with Crippen LogP contribution in [-0.2, 0) is 18.1 Å². The summed E-state index contributed by atoms with van der Waals surface area (Å²) in [6.07, 6.45) is 14.0. The highest BCUT2D eigenvalue weighted by Crippen LogP contribution is 2.38. The topological polar surface area (TPSA) is 223 Å². The van der Waals surface area contributed by atoms with Crippen molar-refractivity contribution in [1.29, 1.82) is 0 Å². The summed E-state index contributed by atoms with van der Waals surface area (Å²) in [5.74, 6) is -2.03. The van der Waals surface area contributed by atoms with E-state index in [9.17, 15) is 23.9 Å². The first-order chi connectivity index (χ1) is 23.6. The van der Waals surface area contributed by atoms with Crippen molar-refractivity contribution in [3.05, 3.63) is 48.2 Å². The molecule has 292 valence electrons. The number of aromatic amines is 2. The fraction of sp³-hybridized carbons (Fsp3) is 0.576.